The molecule has 0 aliphatic carbocycles. The molecule has 0 aromatic heterocycles. The van der Waals surface area contributed by atoms with E-state index in [9.17, 15) is 4.79 Å². The number of benzene rings is 2. The van der Waals surface area contributed by atoms with Gasteiger partial charge in [0.25, 0.3) is 0 Å². The number of isocyanates is 1. The molecule has 0 atom stereocenters. The normalized spacial score (nSPS) is 9.95. The summed E-state index contributed by atoms with van der Waals surface area (Å²) in [7, 11) is 0. The second-order valence-corrected chi connectivity index (χ2v) is 5.29. The maximum absolute atomic E-state index is 10.4. The van der Waals surface area contributed by atoms with Crippen molar-refractivity contribution in [3.63, 3.8) is 0 Å². The molecule has 0 fully saturated rings. The van der Waals surface area contributed by atoms with E-state index in [0.29, 0.717) is 5.69 Å². The van der Waals surface area contributed by atoms with Gasteiger partial charge >= 0.3 is 0 Å². The predicted octanol–water partition coefficient (Wildman–Crippen LogP) is 4.76. The van der Waals surface area contributed by atoms with Crippen LogP contribution in [0.15, 0.2) is 63.3 Å². The first kappa shape index (κ1) is 13.6. The minimum atomic E-state index is 0.670. The van der Waals surface area contributed by atoms with Gasteiger partial charge in [-0.05, 0) is 36.2 Å². The average Bonchev–Trinajstić information content (AvgIpc) is 2.42. The lowest BCUT2D eigenvalue weighted by Gasteiger charge is -2.06. The zero-order valence-corrected chi connectivity index (χ0v) is 11.6. The third kappa shape index (κ3) is 3.82. The first-order valence-corrected chi connectivity index (χ1v) is 7.09. The third-order valence-corrected chi connectivity index (χ3v) is 3.75. The molecule has 2 nitrogen and oxygen atoms in total. The number of hydrogen-bond donors (Lipinski definition) is 0. The molecular weight excluding hydrogens is 254 g/mol. The molecule has 3 heteroatoms. The fourth-order valence-electron chi connectivity index (χ4n) is 1.87. The quantitative estimate of drug-likeness (QED) is 0.578. The smallest absolute Gasteiger partial charge is 0.211 e. The first-order chi connectivity index (χ1) is 9.33. The molecule has 0 saturated carbocycles. The van der Waals surface area contributed by atoms with Gasteiger partial charge in [-0.15, -0.1) is 0 Å². The molecule has 0 N–H and O–H groups in total. The molecule has 2 aromatic rings. The Kier molecular flexibility index (Phi) is 4.96. The van der Waals surface area contributed by atoms with Crippen LogP contribution in [0.25, 0.3) is 0 Å². The number of rotatable bonds is 5. The van der Waals surface area contributed by atoms with Crippen molar-refractivity contribution in [1.29, 1.82) is 0 Å². The van der Waals surface area contributed by atoms with Crippen molar-refractivity contribution in [2.24, 2.45) is 4.99 Å². The largest absolute Gasteiger partial charge is 0.240 e. The minimum absolute atomic E-state index is 0.670. The summed E-state index contributed by atoms with van der Waals surface area (Å²) in [6.45, 7) is 2.17. The summed E-state index contributed by atoms with van der Waals surface area (Å²) in [4.78, 5) is 16.3. The maximum atomic E-state index is 10.4. The predicted molar refractivity (Wildman–Crippen MR) is 78.8 cm³/mol. The molecule has 0 aliphatic rings. The molecule has 2 rings (SSSR count). The number of aryl methyl sites for hydroxylation is 1. The van der Waals surface area contributed by atoms with Gasteiger partial charge in [-0.1, -0.05) is 49.4 Å². The summed E-state index contributed by atoms with van der Waals surface area (Å²) in [6, 6.07) is 16.1. The Morgan fingerprint density at radius 2 is 2.00 bits per heavy atom. The van der Waals surface area contributed by atoms with Gasteiger partial charge in [0.1, 0.15) is 0 Å². The van der Waals surface area contributed by atoms with Gasteiger partial charge in [-0.3, -0.25) is 0 Å². The first-order valence-electron chi connectivity index (χ1n) is 6.27. The van der Waals surface area contributed by atoms with Crippen molar-refractivity contribution in [2.75, 3.05) is 0 Å². The summed E-state index contributed by atoms with van der Waals surface area (Å²) < 4.78 is 0. The molecule has 0 unspecified atom stereocenters. The zero-order valence-electron chi connectivity index (χ0n) is 10.8. The Morgan fingerprint density at radius 3 is 2.79 bits per heavy atom. The lowest BCUT2D eigenvalue weighted by Crippen LogP contribution is -1.83. The zero-order chi connectivity index (χ0) is 13.5. The van der Waals surface area contributed by atoms with Gasteiger partial charge < -0.3 is 0 Å². The van der Waals surface area contributed by atoms with E-state index in [0.717, 1.165) is 17.7 Å². The molecule has 0 saturated heterocycles. The van der Waals surface area contributed by atoms with Gasteiger partial charge in [0.15, 0.2) is 0 Å². The fourth-order valence-corrected chi connectivity index (χ4v) is 2.84. The highest BCUT2D eigenvalue weighted by molar-refractivity contribution is 7.99. The third-order valence-electron chi connectivity index (χ3n) is 2.70. The van der Waals surface area contributed by atoms with Crippen molar-refractivity contribution in [3.8, 4) is 0 Å². The highest BCUT2D eigenvalue weighted by atomic mass is 32.2. The molecular formula is C16H15NOS. The van der Waals surface area contributed by atoms with Crippen molar-refractivity contribution in [3.05, 3.63) is 54.1 Å². The average molecular weight is 269 g/mol. The van der Waals surface area contributed by atoms with E-state index in [1.807, 2.05) is 24.3 Å². The molecule has 0 spiro atoms. The van der Waals surface area contributed by atoms with Crippen LogP contribution < -0.4 is 0 Å². The van der Waals surface area contributed by atoms with Crippen LogP contribution >= 0.6 is 11.8 Å². The van der Waals surface area contributed by atoms with Crippen LogP contribution in [-0.4, -0.2) is 6.08 Å². The van der Waals surface area contributed by atoms with E-state index in [1.165, 1.54) is 10.5 Å². The van der Waals surface area contributed by atoms with E-state index in [-0.39, 0.29) is 0 Å². The lowest BCUT2D eigenvalue weighted by molar-refractivity contribution is 0.565. The molecule has 0 amide bonds. The van der Waals surface area contributed by atoms with Crippen molar-refractivity contribution < 1.29 is 4.79 Å². The van der Waals surface area contributed by atoms with Crippen molar-refractivity contribution in [1.82, 2.24) is 0 Å². The van der Waals surface area contributed by atoms with Crippen LogP contribution in [0.3, 0.4) is 0 Å². The lowest BCUT2D eigenvalue weighted by atomic mass is 10.1. The second-order valence-electron chi connectivity index (χ2n) is 4.17. The van der Waals surface area contributed by atoms with Crippen LogP contribution in [0.4, 0.5) is 5.69 Å². The SMILES string of the molecule is CCCc1cccc(Sc2ccccc2N=C=O)c1. The Morgan fingerprint density at radius 1 is 1.16 bits per heavy atom. The molecule has 19 heavy (non-hydrogen) atoms. The Bertz CT molecular complexity index is 603. The molecule has 0 heterocycles. The standard InChI is InChI=1S/C16H15NOS/c1-2-6-13-7-5-8-14(11-13)19-16-10-4-3-9-15(16)17-12-18/h3-5,7-11H,2,6H2,1H3. The molecule has 2 aromatic carbocycles. The van der Waals surface area contributed by atoms with Gasteiger partial charge in [0.2, 0.25) is 6.08 Å². The highest BCUT2D eigenvalue weighted by Crippen LogP contribution is 2.35. The fraction of sp³-hybridized carbons (Fsp3) is 0.188. The van der Waals surface area contributed by atoms with Crippen LogP contribution in [0.1, 0.15) is 18.9 Å². The van der Waals surface area contributed by atoms with E-state index in [2.05, 4.69) is 36.2 Å². The minimum Gasteiger partial charge on any atom is -0.211 e. The molecule has 0 bridgehead atoms. The van der Waals surface area contributed by atoms with Crippen LogP contribution in [-0.2, 0) is 11.2 Å². The van der Waals surface area contributed by atoms with Gasteiger partial charge in [0, 0.05) is 9.79 Å². The van der Waals surface area contributed by atoms with Crippen LogP contribution in [0.5, 0.6) is 0 Å². The van der Waals surface area contributed by atoms with E-state index in [1.54, 1.807) is 17.8 Å². The van der Waals surface area contributed by atoms with Crippen molar-refractivity contribution >= 4 is 23.5 Å². The Hall–Kier alpha value is -1.83. The van der Waals surface area contributed by atoms with E-state index < -0.39 is 0 Å². The second kappa shape index (κ2) is 6.93. The number of para-hydroxylation sites is 1. The molecule has 0 radical (unpaired) electrons. The van der Waals surface area contributed by atoms with Gasteiger partial charge in [0.05, 0.1) is 5.69 Å². The number of aliphatic imine (C=N–C) groups is 1. The Labute approximate surface area is 117 Å². The van der Waals surface area contributed by atoms with Gasteiger partial charge in [-0.25, -0.2) is 4.79 Å². The monoisotopic (exact) mass is 269 g/mol. The summed E-state index contributed by atoms with van der Waals surface area (Å²) in [5, 5.41) is 0. The van der Waals surface area contributed by atoms with Crippen molar-refractivity contribution in [2.45, 2.75) is 29.6 Å². The van der Waals surface area contributed by atoms with Crippen LogP contribution in [0.2, 0.25) is 0 Å². The number of carbonyl (C=O) groups excluding carboxylic acids is 1. The molecule has 0 aliphatic heterocycles. The van der Waals surface area contributed by atoms with E-state index in [4.69, 9.17) is 0 Å². The Balaban J connectivity index is 2.25. The van der Waals surface area contributed by atoms with E-state index >= 15 is 0 Å². The highest BCUT2D eigenvalue weighted by Gasteiger charge is 2.03. The summed E-state index contributed by atoms with van der Waals surface area (Å²) >= 11 is 1.62. The van der Waals surface area contributed by atoms with Gasteiger partial charge in [-0.2, -0.15) is 4.99 Å². The molecule has 96 valence electrons. The summed E-state index contributed by atoms with van der Waals surface area (Å²) in [5.41, 5.74) is 2.01. The maximum Gasteiger partial charge on any atom is 0.240 e. The summed E-state index contributed by atoms with van der Waals surface area (Å²) in [5.74, 6) is 0. The summed E-state index contributed by atoms with van der Waals surface area (Å²) in [6.07, 6.45) is 3.83. The topological polar surface area (TPSA) is 29.4 Å². The number of hydrogen-bond acceptors (Lipinski definition) is 3. The number of nitrogens with zero attached hydrogens (tertiary/aromatic N) is 1. The van der Waals surface area contributed by atoms with Crippen LogP contribution in [0, 0.1) is 0 Å².